The molecule has 0 aliphatic rings. The molecule has 0 rings (SSSR count). The van der Waals surface area contributed by atoms with Gasteiger partial charge in [-0.15, -0.1) is 0 Å². The van der Waals surface area contributed by atoms with Crippen LogP contribution in [0.5, 0.6) is 0 Å². The second-order valence-corrected chi connectivity index (χ2v) is 2.49. The summed E-state index contributed by atoms with van der Waals surface area (Å²) in [5.74, 6) is -0.430. The summed E-state index contributed by atoms with van der Waals surface area (Å²) in [5, 5.41) is -0.529. The molecule has 0 spiro atoms. The van der Waals surface area contributed by atoms with Gasteiger partial charge in [-0.05, 0) is 11.6 Å². The molecule has 12 heavy (non-hydrogen) atoms. The number of rotatable bonds is 6. The van der Waals surface area contributed by atoms with Crippen molar-refractivity contribution in [3.05, 3.63) is 0 Å². The third-order valence-corrected chi connectivity index (χ3v) is 1.27. The first-order valence-corrected chi connectivity index (χ1v) is 3.87. The fourth-order valence-electron chi connectivity index (χ4n) is 0.511. The molecule has 0 atom stereocenters. The average molecular weight is 195 g/mol. The molecule has 0 bridgehead atoms. The van der Waals surface area contributed by atoms with Gasteiger partial charge in [-0.2, -0.15) is 0 Å². The van der Waals surface area contributed by atoms with Gasteiger partial charge >= 0.3 is 5.97 Å². The van der Waals surface area contributed by atoms with Crippen LogP contribution in [0.25, 0.3) is 0 Å². The summed E-state index contributed by atoms with van der Waals surface area (Å²) in [6.45, 7) is 0.576. The summed E-state index contributed by atoms with van der Waals surface area (Å²) in [5.41, 5.74) is 0. The third kappa shape index (κ3) is 7.50. The zero-order valence-corrected chi connectivity index (χ0v) is 7.60. The highest BCUT2D eigenvalue weighted by atomic mass is 35.5. The SMILES string of the molecule is COCCOC(=O)CCC(=O)Cl. The van der Waals surface area contributed by atoms with Crippen molar-refractivity contribution in [1.82, 2.24) is 0 Å². The average Bonchev–Trinajstić information content (AvgIpc) is 2.01. The van der Waals surface area contributed by atoms with E-state index >= 15 is 0 Å². The molecule has 5 heteroatoms. The summed E-state index contributed by atoms with van der Waals surface area (Å²) in [6.07, 6.45) is 0.0550. The Hall–Kier alpha value is -0.610. The number of ether oxygens (including phenoxy) is 2. The topological polar surface area (TPSA) is 52.6 Å². The summed E-state index contributed by atoms with van der Waals surface area (Å²) in [6, 6.07) is 0. The first kappa shape index (κ1) is 11.4. The number of methoxy groups -OCH3 is 1. The van der Waals surface area contributed by atoms with Crippen LogP contribution in [0.4, 0.5) is 0 Å². The Kier molecular flexibility index (Phi) is 6.70. The zero-order chi connectivity index (χ0) is 9.40. The summed E-state index contributed by atoms with van der Waals surface area (Å²) >= 11 is 5.01. The van der Waals surface area contributed by atoms with E-state index in [2.05, 4.69) is 9.47 Å². The Labute approximate surface area is 75.8 Å². The van der Waals surface area contributed by atoms with Crippen molar-refractivity contribution in [2.75, 3.05) is 20.3 Å². The fraction of sp³-hybridized carbons (Fsp3) is 0.714. The molecule has 0 aromatic heterocycles. The van der Waals surface area contributed by atoms with E-state index in [-0.39, 0.29) is 19.4 Å². The molecule has 0 unspecified atom stereocenters. The highest BCUT2D eigenvalue weighted by molar-refractivity contribution is 6.63. The smallest absolute Gasteiger partial charge is 0.306 e. The van der Waals surface area contributed by atoms with Crippen LogP contribution < -0.4 is 0 Å². The van der Waals surface area contributed by atoms with Crippen molar-refractivity contribution in [3.8, 4) is 0 Å². The number of esters is 1. The van der Waals surface area contributed by atoms with E-state index < -0.39 is 11.2 Å². The van der Waals surface area contributed by atoms with Crippen LogP contribution in [0.15, 0.2) is 0 Å². The molecular weight excluding hydrogens is 184 g/mol. The van der Waals surface area contributed by atoms with Gasteiger partial charge in [0.2, 0.25) is 5.24 Å². The van der Waals surface area contributed by atoms with Crippen LogP contribution in [-0.4, -0.2) is 31.5 Å². The van der Waals surface area contributed by atoms with Crippen LogP contribution in [0.3, 0.4) is 0 Å². The van der Waals surface area contributed by atoms with Crippen LogP contribution in [0.2, 0.25) is 0 Å². The van der Waals surface area contributed by atoms with Crippen LogP contribution in [0.1, 0.15) is 12.8 Å². The van der Waals surface area contributed by atoms with Crippen molar-refractivity contribution >= 4 is 22.8 Å². The first-order valence-electron chi connectivity index (χ1n) is 3.49. The maximum absolute atomic E-state index is 10.7. The van der Waals surface area contributed by atoms with E-state index in [0.29, 0.717) is 6.61 Å². The van der Waals surface area contributed by atoms with Gasteiger partial charge in [0, 0.05) is 13.5 Å². The second kappa shape index (κ2) is 7.06. The van der Waals surface area contributed by atoms with E-state index in [0.717, 1.165) is 0 Å². The molecule has 0 saturated heterocycles. The molecule has 0 heterocycles. The van der Waals surface area contributed by atoms with Crippen LogP contribution >= 0.6 is 11.6 Å². The van der Waals surface area contributed by atoms with Crippen molar-refractivity contribution in [3.63, 3.8) is 0 Å². The Morgan fingerprint density at radius 2 is 1.92 bits per heavy atom. The minimum Gasteiger partial charge on any atom is -0.463 e. The highest BCUT2D eigenvalue weighted by Crippen LogP contribution is 1.96. The maximum Gasteiger partial charge on any atom is 0.306 e. The molecule has 70 valence electrons. The Balaban J connectivity index is 3.28. The van der Waals surface area contributed by atoms with Gasteiger partial charge in [0.05, 0.1) is 13.0 Å². The molecule has 4 nitrogen and oxygen atoms in total. The van der Waals surface area contributed by atoms with Crippen LogP contribution in [-0.2, 0) is 19.1 Å². The lowest BCUT2D eigenvalue weighted by atomic mass is 10.3. The lowest BCUT2D eigenvalue weighted by Crippen LogP contribution is -2.10. The molecule has 0 aromatic rings. The number of halogens is 1. The van der Waals surface area contributed by atoms with E-state index in [4.69, 9.17) is 11.6 Å². The summed E-state index contributed by atoms with van der Waals surface area (Å²) in [7, 11) is 1.51. The second-order valence-electron chi connectivity index (χ2n) is 2.07. The summed E-state index contributed by atoms with van der Waals surface area (Å²) < 4.78 is 9.31. The molecule has 0 aliphatic carbocycles. The molecule has 0 N–H and O–H groups in total. The minimum absolute atomic E-state index is 0.0212. The predicted molar refractivity (Wildman–Crippen MR) is 42.9 cm³/mol. The molecule has 0 aliphatic heterocycles. The number of carbonyl (C=O) groups is 2. The molecule has 0 radical (unpaired) electrons. The Bertz CT molecular complexity index is 157. The van der Waals surface area contributed by atoms with Crippen molar-refractivity contribution in [1.29, 1.82) is 0 Å². The standard InChI is InChI=1S/C7H11ClO4/c1-11-4-5-12-7(10)3-2-6(8)9/h2-5H2,1H3. The first-order chi connectivity index (χ1) is 5.66. The normalized spacial score (nSPS) is 9.50. The van der Waals surface area contributed by atoms with Gasteiger partial charge in [0.15, 0.2) is 0 Å². The van der Waals surface area contributed by atoms with Crippen molar-refractivity contribution in [2.45, 2.75) is 12.8 Å². The maximum atomic E-state index is 10.7. The van der Waals surface area contributed by atoms with E-state index in [1.54, 1.807) is 0 Å². The van der Waals surface area contributed by atoms with E-state index in [9.17, 15) is 9.59 Å². The lowest BCUT2D eigenvalue weighted by molar-refractivity contribution is -0.145. The third-order valence-electron chi connectivity index (χ3n) is 1.08. The fourth-order valence-corrected chi connectivity index (χ4v) is 0.606. The predicted octanol–water partition coefficient (Wildman–Crippen LogP) is 0.722. The zero-order valence-electron chi connectivity index (χ0n) is 6.84. The van der Waals surface area contributed by atoms with Crippen molar-refractivity contribution in [2.24, 2.45) is 0 Å². The van der Waals surface area contributed by atoms with Gasteiger partial charge < -0.3 is 9.47 Å². The van der Waals surface area contributed by atoms with Gasteiger partial charge in [0.25, 0.3) is 0 Å². The Morgan fingerprint density at radius 3 is 2.42 bits per heavy atom. The minimum atomic E-state index is -0.529. The quantitative estimate of drug-likeness (QED) is 0.355. The Morgan fingerprint density at radius 1 is 1.25 bits per heavy atom. The lowest BCUT2D eigenvalue weighted by Gasteiger charge is -2.01. The molecule has 0 saturated carbocycles. The van der Waals surface area contributed by atoms with Gasteiger partial charge in [0.1, 0.15) is 6.61 Å². The number of hydrogen-bond acceptors (Lipinski definition) is 4. The highest BCUT2D eigenvalue weighted by Gasteiger charge is 2.04. The van der Waals surface area contributed by atoms with Gasteiger partial charge in [-0.25, -0.2) is 0 Å². The monoisotopic (exact) mass is 194 g/mol. The molecule has 0 fully saturated rings. The summed E-state index contributed by atoms with van der Waals surface area (Å²) in [4.78, 5) is 20.9. The van der Waals surface area contributed by atoms with E-state index in [1.807, 2.05) is 0 Å². The van der Waals surface area contributed by atoms with Gasteiger partial charge in [-0.3, -0.25) is 9.59 Å². The number of carbonyl (C=O) groups excluding carboxylic acids is 2. The van der Waals surface area contributed by atoms with E-state index in [1.165, 1.54) is 7.11 Å². The molecular formula is C7H11ClO4. The van der Waals surface area contributed by atoms with Crippen molar-refractivity contribution < 1.29 is 19.1 Å². The molecule has 0 aromatic carbocycles. The largest absolute Gasteiger partial charge is 0.463 e. The molecule has 0 amide bonds. The number of hydrogen-bond donors (Lipinski definition) is 0. The van der Waals surface area contributed by atoms with Crippen LogP contribution in [0, 0.1) is 0 Å². The van der Waals surface area contributed by atoms with Gasteiger partial charge in [-0.1, -0.05) is 0 Å².